The fraction of sp³-hybridized carbons (Fsp3) is 0.750. The molecule has 0 aliphatic rings. The van der Waals surface area contributed by atoms with Crippen LogP contribution in [0.2, 0.25) is 0 Å². The van der Waals surface area contributed by atoms with Crippen molar-refractivity contribution in [2.45, 2.75) is 26.3 Å². The van der Waals surface area contributed by atoms with Crippen molar-refractivity contribution in [2.24, 2.45) is 5.92 Å². The minimum atomic E-state index is -1.02. The molecule has 4 nitrogen and oxygen atoms in total. The molecule has 0 aliphatic carbocycles. The summed E-state index contributed by atoms with van der Waals surface area (Å²) in [7, 11) is 0. The van der Waals surface area contributed by atoms with E-state index in [4.69, 9.17) is 16.7 Å². The van der Waals surface area contributed by atoms with Crippen molar-refractivity contribution in [2.75, 3.05) is 5.88 Å². The van der Waals surface area contributed by atoms with Crippen LogP contribution in [-0.4, -0.2) is 28.9 Å². The summed E-state index contributed by atoms with van der Waals surface area (Å²) in [6.45, 7) is 3.78. The highest BCUT2D eigenvalue weighted by Gasteiger charge is 2.20. The number of carboxylic acid groups (broad SMARTS) is 1. The van der Waals surface area contributed by atoms with Crippen molar-refractivity contribution in [3.63, 3.8) is 0 Å². The van der Waals surface area contributed by atoms with Crippen LogP contribution in [-0.2, 0) is 9.59 Å². The average molecular weight is 208 g/mol. The first kappa shape index (κ1) is 12.2. The number of hydrogen-bond acceptors (Lipinski definition) is 2. The summed E-state index contributed by atoms with van der Waals surface area (Å²) in [5.41, 5.74) is 0. The summed E-state index contributed by atoms with van der Waals surface area (Å²) in [5, 5.41) is 11.0. The summed E-state index contributed by atoms with van der Waals surface area (Å²) in [6, 6.07) is -0.828. The lowest BCUT2D eigenvalue weighted by Crippen LogP contribution is -2.42. The van der Waals surface area contributed by atoms with Crippen molar-refractivity contribution in [1.82, 2.24) is 5.32 Å². The van der Waals surface area contributed by atoms with Crippen molar-refractivity contribution >= 4 is 23.5 Å². The SMILES string of the molecule is CC(C)CC(NC(=O)CCl)C(=O)O. The monoisotopic (exact) mass is 207 g/mol. The highest BCUT2D eigenvalue weighted by Crippen LogP contribution is 2.04. The number of amides is 1. The molecule has 0 aromatic heterocycles. The zero-order valence-electron chi connectivity index (χ0n) is 7.71. The Morgan fingerprint density at radius 1 is 1.46 bits per heavy atom. The number of nitrogens with one attached hydrogen (secondary N) is 1. The van der Waals surface area contributed by atoms with E-state index < -0.39 is 17.9 Å². The molecule has 1 atom stereocenters. The van der Waals surface area contributed by atoms with Gasteiger partial charge >= 0.3 is 5.97 Å². The smallest absolute Gasteiger partial charge is 0.326 e. The summed E-state index contributed by atoms with van der Waals surface area (Å²) in [4.78, 5) is 21.4. The molecule has 0 spiro atoms. The maximum absolute atomic E-state index is 10.8. The molecule has 0 radical (unpaired) electrons. The standard InChI is InChI=1S/C8H14ClNO3/c1-5(2)3-6(8(12)13)10-7(11)4-9/h5-6H,3-4H2,1-2H3,(H,10,11)(H,12,13). The lowest BCUT2D eigenvalue weighted by Gasteiger charge is -2.15. The Balaban J connectivity index is 4.10. The van der Waals surface area contributed by atoms with E-state index >= 15 is 0 Å². The Morgan fingerprint density at radius 2 is 2.00 bits per heavy atom. The maximum atomic E-state index is 10.8. The van der Waals surface area contributed by atoms with Gasteiger partial charge in [0.25, 0.3) is 0 Å². The van der Waals surface area contributed by atoms with Gasteiger partial charge in [0.05, 0.1) is 0 Å². The molecule has 2 N–H and O–H groups in total. The van der Waals surface area contributed by atoms with Gasteiger partial charge in [-0.05, 0) is 12.3 Å². The van der Waals surface area contributed by atoms with Gasteiger partial charge in [-0.3, -0.25) is 4.79 Å². The molecule has 1 amide bonds. The second-order valence-corrected chi connectivity index (χ2v) is 3.49. The number of halogens is 1. The van der Waals surface area contributed by atoms with E-state index in [2.05, 4.69) is 5.32 Å². The zero-order valence-corrected chi connectivity index (χ0v) is 8.47. The first-order valence-corrected chi connectivity index (χ1v) is 4.59. The van der Waals surface area contributed by atoms with Crippen LogP contribution in [0, 0.1) is 5.92 Å². The number of carboxylic acids is 1. The summed E-state index contributed by atoms with van der Waals surface area (Å²) >= 11 is 5.23. The molecule has 76 valence electrons. The molecule has 0 saturated heterocycles. The van der Waals surface area contributed by atoms with E-state index in [1.54, 1.807) is 0 Å². The van der Waals surface area contributed by atoms with Crippen LogP contribution in [0.1, 0.15) is 20.3 Å². The number of carbonyl (C=O) groups excluding carboxylic acids is 1. The third-order valence-electron chi connectivity index (χ3n) is 1.46. The Hall–Kier alpha value is -0.770. The number of hydrogen-bond donors (Lipinski definition) is 2. The van der Waals surface area contributed by atoms with Crippen molar-refractivity contribution in [3.8, 4) is 0 Å². The quantitative estimate of drug-likeness (QED) is 0.657. The van der Waals surface area contributed by atoms with E-state index in [0.29, 0.717) is 6.42 Å². The number of carbonyl (C=O) groups is 2. The maximum Gasteiger partial charge on any atom is 0.326 e. The molecule has 0 aromatic rings. The highest BCUT2D eigenvalue weighted by molar-refractivity contribution is 6.27. The summed E-state index contributed by atoms with van der Waals surface area (Å²) < 4.78 is 0. The van der Waals surface area contributed by atoms with E-state index in [0.717, 1.165) is 0 Å². The van der Waals surface area contributed by atoms with Crippen LogP contribution in [0.25, 0.3) is 0 Å². The topological polar surface area (TPSA) is 66.4 Å². The number of alkyl halides is 1. The number of rotatable bonds is 5. The van der Waals surface area contributed by atoms with Gasteiger partial charge < -0.3 is 10.4 Å². The predicted octanol–water partition coefficient (Wildman–Crippen LogP) is 0.841. The zero-order chi connectivity index (χ0) is 10.4. The van der Waals surface area contributed by atoms with Gasteiger partial charge in [-0.1, -0.05) is 13.8 Å². The molecule has 0 aromatic carbocycles. The molecule has 5 heteroatoms. The third kappa shape index (κ3) is 5.47. The molecule has 0 rings (SSSR count). The Kier molecular flexibility index (Phi) is 5.46. The molecular weight excluding hydrogens is 194 g/mol. The van der Waals surface area contributed by atoms with Crippen LogP contribution in [0.15, 0.2) is 0 Å². The first-order valence-electron chi connectivity index (χ1n) is 4.05. The van der Waals surface area contributed by atoms with E-state index in [1.807, 2.05) is 13.8 Å². The Labute approximate surface area is 82.3 Å². The largest absolute Gasteiger partial charge is 0.480 e. The van der Waals surface area contributed by atoms with Crippen molar-refractivity contribution in [3.05, 3.63) is 0 Å². The minimum absolute atomic E-state index is 0.206. The third-order valence-corrected chi connectivity index (χ3v) is 1.70. The Morgan fingerprint density at radius 3 is 2.31 bits per heavy atom. The van der Waals surface area contributed by atoms with E-state index in [9.17, 15) is 9.59 Å². The normalized spacial score (nSPS) is 12.6. The summed E-state index contributed by atoms with van der Waals surface area (Å²) in [5.74, 6) is -1.46. The average Bonchev–Trinajstić information content (AvgIpc) is 2.02. The molecule has 1 unspecified atom stereocenters. The van der Waals surface area contributed by atoms with Crippen LogP contribution in [0.5, 0.6) is 0 Å². The molecule has 0 aliphatic heterocycles. The van der Waals surface area contributed by atoms with Gasteiger partial charge in [-0.2, -0.15) is 0 Å². The van der Waals surface area contributed by atoms with Crippen molar-refractivity contribution in [1.29, 1.82) is 0 Å². The van der Waals surface area contributed by atoms with Gasteiger partial charge in [0, 0.05) is 0 Å². The minimum Gasteiger partial charge on any atom is -0.480 e. The highest BCUT2D eigenvalue weighted by atomic mass is 35.5. The van der Waals surface area contributed by atoms with Gasteiger partial charge in [-0.25, -0.2) is 4.79 Å². The lowest BCUT2D eigenvalue weighted by atomic mass is 10.0. The van der Waals surface area contributed by atoms with E-state index in [1.165, 1.54) is 0 Å². The number of aliphatic carboxylic acids is 1. The molecule has 0 fully saturated rings. The predicted molar refractivity (Wildman–Crippen MR) is 49.7 cm³/mol. The van der Waals surface area contributed by atoms with Crippen LogP contribution < -0.4 is 5.32 Å². The van der Waals surface area contributed by atoms with E-state index in [-0.39, 0.29) is 11.8 Å². The molecule has 0 bridgehead atoms. The van der Waals surface area contributed by atoms with Gasteiger partial charge in [0.1, 0.15) is 11.9 Å². The Bertz CT molecular complexity index is 194. The molecular formula is C8H14ClNO3. The van der Waals surface area contributed by atoms with Gasteiger partial charge in [0.2, 0.25) is 5.91 Å². The van der Waals surface area contributed by atoms with Crippen LogP contribution in [0.3, 0.4) is 0 Å². The second kappa shape index (κ2) is 5.80. The fourth-order valence-electron chi connectivity index (χ4n) is 0.926. The van der Waals surface area contributed by atoms with Gasteiger partial charge in [-0.15, -0.1) is 11.6 Å². The molecule has 0 heterocycles. The summed E-state index contributed by atoms with van der Waals surface area (Å²) in [6.07, 6.45) is 0.415. The molecule has 0 saturated carbocycles. The molecule has 13 heavy (non-hydrogen) atoms. The fourth-order valence-corrected chi connectivity index (χ4v) is 1.00. The first-order chi connectivity index (χ1) is 5.97. The lowest BCUT2D eigenvalue weighted by molar-refractivity contribution is -0.141. The van der Waals surface area contributed by atoms with Crippen molar-refractivity contribution < 1.29 is 14.7 Å². The van der Waals surface area contributed by atoms with Crippen LogP contribution >= 0.6 is 11.6 Å². The second-order valence-electron chi connectivity index (χ2n) is 3.22. The van der Waals surface area contributed by atoms with Crippen LogP contribution in [0.4, 0.5) is 0 Å². The van der Waals surface area contributed by atoms with Gasteiger partial charge in [0.15, 0.2) is 0 Å².